The number of amides is 1. The Morgan fingerprint density at radius 1 is 0.455 bits per heavy atom. The van der Waals surface area contributed by atoms with Gasteiger partial charge in [-0.3, -0.25) is 4.79 Å². The molecule has 2 heterocycles. The molecular weight excluding hydrogens is 979 g/mol. The van der Waals surface area contributed by atoms with E-state index < -0.39 is 86.8 Å². The number of nitrogens with one attached hydrogen (secondary N) is 1. The summed E-state index contributed by atoms with van der Waals surface area (Å²) in [5, 5.41) is 87.1. The van der Waals surface area contributed by atoms with Gasteiger partial charge in [-0.2, -0.15) is 0 Å². The number of allylic oxidation sites excluding steroid dienone is 1. The van der Waals surface area contributed by atoms with E-state index in [9.17, 15) is 45.6 Å². The van der Waals surface area contributed by atoms with Gasteiger partial charge in [0.25, 0.3) is 0 Å². The van der Waals surface area contributed by atoms with Gasteiger partial charge in [0.1, 0.15) is 48.8 Å². The number of hydrogen-bond acceptors (Lipinski definition) is 13. The SMILES string of the molecule is CCCCCCCCCCCCCCCCCCCCCCCCCCCCCC/C=C/C(O)C(COC1OC(CO)C(OC2OC(CO)C(O)C(O)C2O)C(O)C1O)NC(=O)CCCCCCCCCCCCCCC. The summed E-state index contributed by atoms with van der Waals surface area (Å²) in [6.45, 7) is 2.83. The molecule has 2 aliphatic rings. The molecule has 2 fully saturated rings. The predicted octanol–water partition coefficient (Wildman–Crippen LogP) is 11.8. The first kappa shape index (κ1) is 71.8. The van der Waals surface area contributed by atoms with Crippen LogP contribution in [0.15, 0.2) is 12.2 Å². The van der Waals surface area contributed by atoms with Gasteiger partial charge in [0, 0.05) is 6.42 Å². The lowest BCUT2D eigenvalue weighted by molar-refractivity contribution is -0.359. The summed E-state index contributed by atoms with van der Waals surface area (Å²) in [5.74, 6) is -0.235. The quantitative estimate of drug-likeness (QED) is 0.0204. The van der Waals surface area contributed by atoms with Crippen LogP contribution in [0.5, 0.6) is 0 Å². The third-order valence-corrected chi connectivity index (χ3v) is 16.2. The fourth-order valence-electron chi connectivity index (χ4n) is 11.0. The first-order chi connectivity index (χ1) is 37.6. The van der Waals surface area contributed by atoms with Crippen LogP contribution in [0, 0.1) is 0 Å². The highest BCUT2D eigenvalue weighted by molar-refractivity contribution is 5.76. The number of ether oxygens (including phenoxy) is 4. The van der Waals surface area contributed by atoms with Crippen molar-refractivity contribution < 1.29 is 64.6 Å². The van der Waals surface area contributed by atoms with Crippen molar-refractivity contribution in [2.75, 3.05) is 19.8 Å². The van der Waals surface area contributed by atoms with Crippen LogP contribution in [0.25, 0.3) is 0 Å². The summed E-state index contributed by atoms with van der Waals surface area (Å²) in [6.07, 6.45) is 41.3. The molecule has 0 radical (unpaired) electrons. The Morgan fingerprint density at radius 3 is 1.19 bits per heavy atom. The Balaban J connectivity index is 1.66. The van der Waals surface area contributed by atoms with Gasteiger partial charge in [-0.1, -0.05) is 276 Å². The van der Waals surface area contributed by atoms with Gasteiger partial charge >= 0.3 is 0 Å². The van der Waals surface area contributed by atoms with Crippen molar-refractivity contribution in [3.63, 3.8) is 0 Å². The average Bonchev–Trinajstić information content (AvgIpc) is 3.43. The molecule has 0 saturated carbocycles. The minimum atomic E-state index is -1.79. The van der Waals surface area contributed by atoms with Gasteiger partial charge in [0.2, 0.25) is 5.91 Å². The lowest BCUT2D eigenvalue weighted by atomic mass is 9.97. The summed E-state index contributed by atoms with van der Waals surface area (Å²) >= 11 is 0. The van der Waals surface area contributed by atoms with Crippen LogP contribution in [0.2, 0.25) is 0 Å². The number of aliphatic hydroxyl groups excluding tert-OH is 8. The minimum absolute atomic E-state index is 0.235. The first-order valence-electron chi connectivity index (χ1n) is 32.4. The Bertz CT molecular complexity index is 1340. The molecule has 0 spiro atoms. The first-order valence-corrected chi connectivity index (χ1v) is 32.4. The van der Waals surface area contributed by atoms with Gasteiger partial charge in [-0.15, -0.1) is 0 Å². The molecule has 14 nitrogen and oxygen atoms in total. The topological polar surface area (TPSA) is 228 Å². The molecule has 0 aliphatic carbocycles. The van der Waals surface area contributed by atoms with Crippen LogP contribution >= 0.6 is 0 Å². The second-order valence-corrected chi connectivity index (χ2v) is 23.3. The fraction of sp³-hybridized carbons (Fsp3) is 0.952. The summed E-state index contributed by atoms with van der Waals surface area (Å²) in [6, 6.07) is -0.909. The summed E-state index contributed by atoms with van der Waals surface area (Å²) in [4.78, 5) is 13.2. The van der Waals surface area contributed by atoms with Crippen LogP contribution in [0.4, 0.5) is 0 Å². The maximum atomic E-state index is 13.2. The van der Waals surface area contributed by atoms with Crippen molar-refractivity contribution in [3.8, 4) is 0 Å². The second-order valence-electron chi connectivity index (χ2n) is 23.3. The smallest absolute Gasteiger partial charge is 0.220 e. The van der Waals surface area contributed by atoms with E-state index in [0.717, 1.165) is 38.5 Å². The van der Waals surface area contributed by atoms with E-state index in [1.807, 2.05) is 6.08 Å². The van der Waals surface area contributed by atoms with Crippen molar-refractivity contribution >= 4 is 5.91 Å². The van der Waals surface area contributed by atoms with Crippen molar-refractivity contribution in [2.45, 2.75) is 364 Å². The van der Waals surface area contributed by atoms with Crippen LogP contribution in [-0.4, -0.2) is 140 Å². The zero-order valence-corrected chi connectivity index (χ0v) is 49.2. The van der Waals surface area contributed by atoms with Crippen molar-refractivity contribution in [1.82, 2.24) is 5.32 Å². The van der Waals surface area contributed by atoms with E-state index in [2.05, 4.69) is 19.2 Å². The number of rotatable bonds is 53. The van der Waals surface area contributed by atoms with Gasteiger partial charge in [0.15, 0.2) is 12.6 Å². The number of aliphatic hydroxyl groups is 8. The highest BCUT2D eigenvalue weighted by Crippen LogP contribution is 2.30. The molecule has 2 rings (SSSR count). The van der Waals surface area contributed by atoms with Gasteiger partial charge in [-0.05, 0) is 19.3 Å². The number of carbonyl (C=O) groups is 1. The minimum Gasteiger partial charge on any atom is -0.394 e. The highest BCUT2D eigenvalue weighted by atomic mass is 16.7. The molecule has 9 N–H and O–H groups in total. The van der Waals surface area contributed by atoms with Crippen molar-refractivity contribution in [2.24, 2.45) is 0 Å². The van der Waals surface area contributed by atoms with E-state index in [1.165, 1.54) is 225 Å². The summed E-state index contributed by atoms with van der Waals surface area (Å²) < 4.78 is 22.8. The number of hydrogen-bond donors (Lipinski definition) is 9. The van der Waals surface area contributed by atoms with E-state index in [0.29, 0.717) is 6.42 Å². The zero-order valence-electron chi connectivity index (χ0n) is 49.2. The molecule has 0 aromatic carbocycles. The standard InChI is InChI=1S/C63H121NO13/c1-3-5-7-9-11-13-15-17-18-19-20-21-22-23-24-25-26-27-28-29-30-31-32-33-35-36-38-40-42-44-46-52(67)51(64-55(68)47-45-43-41-39-37-34-16-14-12-10-8-6-4-2)50-74-62-60(73)58(71)61(54(49-66)76-62)77-63-59(72)57(70)56(69)53(48-65)75-63/h44,46,51-54,56-63,65-67,69-73H,3-43,45,47-50H2,1-2H3,(H,64,68)/b46-44+. The number of carbonyl (C=O) groups excluding carboxylic acids is 1. The lowest BCUT2D eigenvalue weighted by Gasteiger charge is -2.46. The van der Waals surface area contributed by atoms with Crippen LogP contribution in [0.3, 0.4) is 0 Å². The molecular formula is C63H121NO13. The molecule has 14 heteroatoms. The van der Waals surface area contributed by atoms with E-state index in [-0.39, 0.29) is 18.9 Å². The maximum absolute atomic E-state index is 13.2. The van der Waals surface area contributed by atoms with Gasteiger partial charge < -0.3 is 65.1 Å². The van der Waals surface area contributed by atoms with E-state index in [1.54, 1.807) is 6.08 Å². The molecule has 0 aromatic rings. The van der Waals surface area contributed by atoms with Gasteiger partial charge in [-0.25, -0.2) is 0 Å². The molecule has 12 unspecified atom stereocenters. The molecule has 2 saturated heterocycles. The Morgan fingerprint density at radius 2 is 0.805 bits per heavy atom. The van der Waals surface area contributed by atoms with E-state index >= 15 is 0 Å². The zero-order chi connectivity index (χ0) is 56.0. The summed E-state index contributed by atoms with van der Waals surface area (Å²) in [5.41, 5.74) is 0. The lowest BCUT2D eigenvalue weighted by Crippen LogP contribution is -2.65. The Hall–Kier alpha value is -1.27. The molecule has 77 heavy (non-hydrogen) atoms. The second kappa shape index (κ2) is 49.3. The Kier molecular flexibility index (Phi) is 46.0. The number of unbranched alkanes of at least 4 members (excludes halogenated alkanes) is 40. The van der Waals surface area contributed by atoms with Crippen LogP contribution < -0.4 is 5.32 Å². The molecule has 2 aliphatic heterocycles. The summed E-state index contributed by atoms with van der Waals surface area (Å²) in [7, 11) is 0. The third kappa shape index (κ3) is 34.7. The normalized spacial score (nSPS) is 24.7. The van der Waals surface area contributed by atoms with Crippen LogP contribution in [-0.2, 0) is 23.7 Å². The van der Waals surface area contributed by atoms with E-state index in [4.69, 9.17) is 18.9 Å². The third-order valence-electron chi connectivity index (χ3n) is 16.2. The van der Waals surface area contributed by atoms with Gasteiger partial charge in [0.05, 0.1) is 32.0 Å². The molecule has 1 amide bonds. The Labute approximate surface area is 469 Å². The van der Waals surface area contributed by atoms with Crippen molar-refractivity contribution in [3.05, 3.63) is 12.2 Å². The van der Waals surface area contributed by atoms with Crippen molar-refractivity contribution in [1.29, 1.82) is 0 Å². The maximum Gasteiger partial charge on any atom is 0.220 e. The molecule has 12 atom stereocenters. The predicted molar refractivity (Wildman–Crippen MR) is 309 cm³/mol. The largest absolute Gasteiger partial charge is 0.394 e. The molecule has 456 valence electrons. The fourth-order valence-corrected chi connectivity index (χ4v) is 11.0. The monoisotopic (exact) mass is 1100 g/mol. The van der Waals surface area contributed by atoms with Crippen LogP contribution in [0.1, 0.15) is 290 Å². The average molecular weight is 1100 g/mol. The molecule has 0 bridgehead atoms. The highest BCUT2D eigenvalue weighted by Gasteiger charge is 2.51. The molecule has 0 aromatic heterocycles.